The molecule has 1 aromatic carbocycles. The second kappa shape index (κ2) is 5.13. The molecule has 1 aromatic rings. The third-order valence-electron chi connectivity index (χ3n) is 1.68. The van der Waals surface area contributed by atoms with Crippen LogP contribution in [0.2, 0.25) is 0 Å². The molecule has 0 aliphatic carbocycles. The Hall–Kier alpha value is -1.34. The molecule has 0 bridgehead atoms. The number of alkyl halides is 3. The summed E-state index contributed by atoms with van der Waals surface area (Å²) in [5, 5.41) is 0. The Morgan fingerprint density at radius 2 is 1.88 bits per heavy atom. The Balaban J connectivity index is 0.00000225. The summed E-state index contributed by atoms with van der Waals surface area (Å²) in [5.41, 5.74) is -0.685. The minimum absolute atomic E-state index is 0. The molecule has 3 N–H and O–H groups in total. The molecule has 1 amide bonds. The Bertz CT molecular complexity index is 394. The van der Waals surface area contributed by atoms with Crippen molar-refractivity contribution in [2.45, 2.75) is 6.18 Å². The van der Waals surface area contributed by atoms with E-state index in [1.165, 1.54) is 0 Å². The van der Waals surface area contributed by atoms with Gasteiger partial charge >= 0.3 is 6.18 Å². The van der Waals surface area contributed by atoms with Gasteiger partial charge in [0, 0.05) is 0 Å². The normalized spacial score (nSPS) is 10.6. The lowest BCUT2D eigenvalue weighted by atomic mass is 10.1. The zero-order valence-electron chi connectivity index (χ0n) is 7.64. The molecule has 0 heterocycles. The zero-order valence-corrected chi connectivity index (χ0v) is 8.45. The fourth-order valence-corrected chi connectivity index (χ4v) is 1.00. The van der Waals surface area contributed by atoms with E-state index in [0.717, 1.165) is 12.1 Å². The third-order valence-corrected chi connectivity index (χ3v) is 1.68. The number of carbonyl (C=O) groups excluding carboxylic acids is 1. The Morgan fingerprint density at radius 3 is 2.31 bits per heavy atom. The summed E-state index contributed by atoms with van der Waals surface area (Å²) in [7, 11) is 0. The van der Waals surface area contributed by atoms with E-state index in [2.05, 4.69) is 5.84 Å². The van der Waals surface area contributed by atoms with Crippen LogP contribution in [0.3, 0.4) is 0 Å². The maximum absolute atomic E-state index is 13.2. The van der Waals surface area contributed by atoms with Crippen LogP contribution >= 0.6 is 12.4 Å². The lowest BCUT2D eigenvalue weighted by molar-refractivity contribution is -0.140. The molecule has 8 heteroatoms. The monoisotopic (exact) mass is 258 g/mol. The molecule has 0 atom stereocenters. The number of rotatable bonds is 1. The zero-order chi connectivity index (χ0) is 11.6. The van der Waals surface area contributed by atoms with E-state index in [1.807, 2.05) is 0 Å². The second-order valence-corrected chi connectivity index (χ2v) is 2.64. The van der Waals surface area contributed by atoms with Crippen LogP contribution in [0.1, 0.15) is 15.9 Å². The van der Waals surface area contributed by atoms with Crippen LogP contribution in [0.4, 0.5) is 17.6 Å². The number of amides is 1. The molecule has 0 aliphatic rings. The van der Waals surface area contributed by atoms with Crippen LogP contribution in [0.15, 0.2) is 18.2 Å². The van der Waals surface area contributed by atoms with Crippen LogP contribution in [0.5, 0.6) is 0 Å². The van der Waals surface area contributed by atoms with E-state index >= 15 is 0 Å². The number of nitrogen functional groups attached to an aromatic ring is 1. The van der Waals surface area contributed by atoms with E-state index in [4.69, 9.17) is 0 Å². The lowest BCUT2D eigenvalue weighted by Crippen LogP contribution is -2.31. The summed E-state index contributed by atoms with van der Waals surface area (Å²) in [6, 6.07) is 2.38. The Morgan fingerprint density at radius 1 is 1.31 bits per heavy atom. The molecular weight excluding hydrogens is 252 g/mol. The highest BCUT2D eigenvalue weighted by Crippen LogP contribution is 2.32. The second-order valence-electron chi connectivity index (χ2n) is 2.64. The summed E-state index contributed by atoms with van der Waals surface area (Å²) in [6.07, 6.45) is -4.84. The molecule has 0 saturated heterocycles. The number of halogens is 5. The first-order valence-corrected chi connectivity index (χ1v) is 3.74. The van der Waals surface area contributed by atoms with Gasteiger partial charge in [0.1, 0.15) is 5.82 Å². The number of nitrogens with two attached hydrogens (primary N) is 1. The van der Waals surface area contributed by atoms with E-state index < -0.39 is 29.0 Å². The summed E-state index contributed by atoms with van der Waals surface area (Å²) in [5.74, 6) is 1.94. The number of carbonyl (C=O) groups is 1. The molecule has 16 heavy (non-hydrogen) atoms. The molecular formula is C8H7ClF4N2O. The summed E-state index contributed by atoms with van der Waals surface area (Å²) in [6.45, 7) is 0. The highest BCUT2D eigenvalue weighted by atomic mass is 35.5. The van der Waals surface area contributed by atoms with Crippen molar-refractivity contribution in [3.05, 3.63) is 35.1 Å². The van der Waals surface area contributed by atoms with Gasteiger partial charge in [-0.3, -0.25) is 10.2 Å². The fourth-order valence-electron chi connectivity index (χ4n) is 1.00. The summed E-state index contributed by atoms with van der Waals surface area (Å²) < 4.78 is 49.7. The lowest BCUT2D eigenvalue weighted by Gasteiger charge is -2.09. The minimum atomic E-state index is -4.84. The molecule has 0 aliphatic heterocycles. The van der Waals surface area contributed by atoms with Crippen LogP contribution in [-0.2, 0) is 6.18 Å². The first kappa shape index (κ1) is 14.7. The van der Waals surface area contributed by atoms with Crippen LogP contribution in [-0.4, -0.2) is 5.91 Å². The molecule has 3 nitrogen and oxygen atoms in total. The number of hydrogen-bond acceptors (Lipinski definition) is 2. The largest absolute Gasteiger partial charge is 0.419 e. The molecule has 0 unspecified atom stereocenters. The Labute approximate surface area is 94.0 Å². The van der Waals surface area contributed by atoms with Gasteiger partial charge in [0.25, 0.3) is 5.91 Å². The van der Waals surface area contributed by atoms with Crippen molar-refractivity contribution in [1.82, 2.24) is 5.43 Å². The predicted molar refractivity (Wildman–Crippen MR) is 50.3 cm³/mol. The van der Waals surface area contributed by atoms with Crippen molar-refractivity contribution in [3.63, 3.8) is 0 Å². The van der Waals surface area contributed by atoms with Gasteiger partial charge < -0.3 is 0 Å². The number of nitrogens with one attached hydrogen (secondary N) is 1. The quantitative estimate of drug-likeness (QED) is 0.350. The van der Waals surface area contributed by atoms with Crippen LogP contribution in [0.25, 0.3) is 0 Å². The topological polar surface area (TPSA) is 55.1 Å². The van der Waals surface area contributed by atoms with Gasteiger partial charge in [0.15, 0.2) is 0 Å². The Kier molecular flexibility index (Phi) is 4.70. The first-order chi connectivity index (χ1) is 6.88. The molecule has 0 radical (unpaired) electrons. The summed E-state index contributed by atoms with van der Waals surface area (Å²) >= 11 is 0. The fraction of sp³-hybridized carbons (Fsp3) is 0.125. The molecule has 0 aromatic heterocycles. The maximum atomic E-state index is 13.2. The number of benzene rings is 1. The average molecular weight is 259 g/mol. The predicted octanol–water partition coefficient (Wildman–Crippen LogP) is 1.87. The molecule has 1 rings (SSSR count). The van der Waals surface area contributed by atoms with Crippen molar-refractivity contribution in [1.29, 1.82) is 0 Å². The highest BCUT2D eigenvalue weighted by Gasteiger charge is 2.35. The number of hydrazine groups is 1. The SMILES string of the molecule is Cl.NNC(=O)c1cccc(C(F)(F)F)c1F. The molecule has 0 saturated carbocycles. The van der Waals surface area contributed by atoms with E-state index in [1.54, 1.807) is 5.43 Å². The summed E-state index contributed by atoms with van der Waals surface area (Å²) in [4.78, 5) is 10.9. The van der Waals surface area contributed by atoms with E-state index in [-0.39, 0.29) is 12.4 Å². The van der Waals surface area contributed by atoms with Gasteiger partial charge in [0.2, 0.25) is 0 Å². The van der Waals surface area contributed by atoms with Crippen molar-refractivity contribution < 1.29 is 22.4 Å². The molecule has 0 spiro atoms. The minimum Gasteiger partial charge on any atom is -0.290 e. The van der Waals surface area contributed by atoms with Crippen molar-refractivity contribution in [2.75, 3.05) is 0 Å². The smallest absolute Gasteiger partial charge is 0.290 e. The van der Waals surface area contributed by atoms with Crippen molar-refractivity contribution in [2.24, 2.45) is 5.84 Å². The van der Waals surface area contributed by atoms with Gasteiger partial charge in [-0.15, -0.1) is 12.4 Å². The van der Waals surface area contributed by atoms with Gasteiger partial charge in [-0.25, -0.2) is 10.2 Å². The van der Waals surface area contributed by atoms with Gasteiger partial charge in [-0.1, -0.05) is 6.07 Å². The van der Waals surface area contributed by atoms with Crippen LogP contribution < -0.4 is 11.3 Å². The average Bonchev–Trinajstić information content (AvgIpc) is 2.15. The van der Waals surface area contributed by atoms with Crippen LogP contribution in [0, 0.1) is 5.82 Å². The molecule has 90 valence electrons. The van der Waals surface area contributed by atoms with E-state index in [9.17, 15) is 22.4 Å². The number of hydrogen-bond donors (Lipinski definition) is 2. The third kappa shape index (κ3) is 2.83. The van der Waals surface area contributed by atoms with Crippen molar-refractivity contribution >= 4 is 18.3 Å². The van der Waals surface area contributed by atoms with Gasteiger partial charge in [0.05, 0.1) is 11.1 Å². The van der Waals surface area contributed by atoms with Crippen molar-refractivity contribution in [3.8, 4) is 0 Å². The highest BCUT2D eigenvalue weighted by molar-refractivity contribution is 5.94. The van der Waals surface area contributed by atoms with Gasteiger partial charge in [-0.2, -0.15) is 13.2 Å². The maximum Gasteiger partial charge on any atom is 0.419 e. The van der Waals surface area contributed by atoms with E-state index in [0.29, 0.717) is 6.07 Å². The first-order valence-electron chi connectivity index (χ1n) is 3.74. The van der Waals surface area contributed by atoms with Gasteiger partial charge in [-0.05, 0) is 12.1 Å². The standard InChI is InChI=1S/C8H6F4N2O.ClH/c9-6-4(7(15)14-13)2-1-3-5(6)8(10,11)12;/h1-3H,13H2,(H,14,15);1H. The molecule has 0 fully saturated rings.